The molecule has 14 heteroatoms. The van der Waals surface area contributed by atoms with E-state index in [1.165, 1.54) is 6.92 Å². The van der Waals surface area contributed by atoms with E-state index in [4.69, 9.17) is 16.2 Å². The Morgan fingerprint density at radius 1 is 1.18 bits per heavy atom. The fourth-order valence-electron chi connectivity index (χ4n) is 7.21. The van der Waals surface area contributed by atoms with Crippen molar-refractivity contribution in [1.82, 2.24) is 15.5 Å². The maximum atomic E-state index is 13.9. The van der Waals surface area contributed by atoms with Gasteiger partial charge in [0, 0.05) is 30.3 Å². The van der Waals surface area contributed by atoms with Crippen LogP contribution in [0.25, 0.3) is 0 Å². The number of hydrogen-bond donors (Lipinski definition) is 4. The standard InChI is InChI=1S/C26H40F3N5O6/c1-12(40-23(2,3)4)16(33-22(39)26(27,28)29)21(38)34-11-15-24(5,6)25(15,17(34)19(31)36)14(18(30)35)10-13-8-7-9-32-20(13)37/h12-17H,7-11H2,1-6H3,(H2,30,35)(H2,31,36)(H,32,37)(H,33,39)/t12-,13+,14-,15?,16+,17?,25?/m1/s1. The van der Waals surface area contributed by atoms with E-state index in [1.807, 2.05) is 0 Å². The molecule has 0 aromatic rings. The van der Waals surface area contributed by atoms with Crippen LogP contribution in [-0.2, 0) is 28.7 Å². The molecule has 226 valence electrons. The van der Waals surface area contributed by atoms with Crippen molar-refractivity contribution in [3.63, 3.8) is 0 Å². The van der Waals surface area contributed by atoms with Gasteiger partial charge in [-0.2, -0.15) is 13.2 Å². The Hall–Kier alpha value is -2.90. The second-order valence-electron chi connectivity index (χ2n) is 12.7. The molecule has 0 bridgehead atoms. The minimum Gasteiger partial charge on any atom is -0.370 e. The molecule has 0 spiro atoms. The molecule has 1 saturated carbocycles. The molecule has 11 nitrogen and oxygen atoms in total. The zero-order valence-electron chi connectivity index (χ0n) is 23.7. The molecular formula is C26H40F3N5O6. The number of piperidine rings is 2. The molecule has 0 radical (unpaired) electrons. The number of fused-ring (bicyclic) bond motifs is 1. The molecule has 5 amide bonds. The van der Waals surface area contributed by atoms with Gasteiger partial charge in [-0.15, -0.1) is 0 Å². The molecular weight excluding hydrogens is 535 g/mol. The lowest BCUT2D eigenvalue weighted by Crippen LogP contribution is -2.62. The van der Waals surface area contributed by atoms with Gasteiger partial charge in [-0.25, -0.2) is 0 Å². The lowest BCUT2D eigenvalue weighted by molar-refractivity contribution is -0.177. The van der Waals surface area contributed by atoms with Gasteiger partial charge in [-0.05, 0) is 58.3 Å². The zero-order chi connectivity index (χ0) is 30.6. The number of nitrogens with one attached hydrogen (secondary N) is 2. The Bertz CT molecular complexity index is 1070. The van der Waals surface area contributed by atoms with Crippen LogP contribution in [0.5, 0.6) is 0 Å². The summed E-state index contributed by atoms with van der Waals surface area (Å²) in [5.41, 5.74) is 8.84. The molecule has 6 N–H and O–H groups in total. The fourth-order valence-corrected chi connectivity index (χ4v) is 7.21. The number of hydrogen-bond acceptors (Lipinski definition) is 6. The number of halogens is 3. The van der Waals surface area contributed by atoms with E-state index >= 15 is 0 Å². The summed E-state index contributed by atoms with van der Waals surface area (Å²) in [6, 6.07) is -3.24. The summed E-state index contributed by atoms with van der Waals surface area (Å²) in [6.45, 7) is 10.2. The Morgan fingerprint density at radius 3 is 2.25 bits per heavy atom. The number of likely N-dealkylation sites (tertiary alicyclic amines) is 1. The highest BCUT2D eigenvalue weighted by Gasteiger charge is 2.83. The van der Waals surface area contributed by atoms with Crippen molar-refractivity contribution in [1.29, 1.82) is 0 Å². The van der Waals surface area contributed by atoms with Crippen molar-refractivity contribution in [2.75, 3.05) is 13.1 Å². The van der Waals surface area contributed by atoms with Crippen LogP contribution in [0, 0.1) is 28.6 Å². The quantitative estimate of drug-likeness (QED) is 0.313. The first-order valence-electron chi connectivity index (χ1n) is 13.4. The number of rotatable bonds is 9. The summed E-state index contributed by atoms with van der Waals surface area (Å²) in [4.78, 5) is 65.3. The first kappa shape index (κ1) is 31.6. The van der Waals surface area contributed by atoms with Crippen LogP contribution < -0.4 is 22.1 Å². The van der Waals surface area contributed by atoms with E-state index in [-0.39, 0.29) is 18.9 Å². The average Bonchev–Trinajstić information content (AvgIpc) is 3.09. The topological polar surface area (TPSA) is 174 Å². The van der Waals surface area contributed by atoms with Gasteiger partial charge in [0.05, 0.1) is 11.7 Å². The number of carbonyl (C=O) groups is 5. The molecule has 1 aliphatic carbocycles. The Labute approximate surface area is 231 Å². The van der Waals surface area contributed by atoms with Crippen LogP contribution in [0.2, 0.25) is 0 Å². The van der Waals surface area contributed by atoms with Crippen molar-refractivity contribution in [2.24, 2.45) is 40.1 Å². The summed E-state index contributed by atoms with van der Waals surface area (Å²) >= 11 is 0. The molecule has 3 rings (SSSR count). The summed E-state index contributed by atoms with van der Waals surface area (Å²) in [6.07, 6.45) is -5.28. The van der Waals surface area contributed by atoms with E-state index < -0.39 is 82.2 Å². The molecule has 3 fully saturated rings. The molecule has 2 aliphatic heterocycles. The Balaban J connectivity index is 2.02. The van der Waals surface area contributed by atoms with Crippen molar-refractivity contribution in [3.05, 3.63) is 0 Å². The van der Waals surface area contributed by atoms with Gasteiger partial charge >= 0.3 is 12.1 Å². The maximum absolute atomic E-state index is 13.9. The number of alkyl halides is 3. The summed E-state index contributed by atoms with van der Waals surface area (Å²) in [5, 5.41) is 4.48. The number of nitrogens with zero attached hydrogens (tertiary/aromatic N) is 1. The van der Waals surface area contributed by atoms with Crippen LogP contribution in [-0.4, -0.2) is 77.5 Å². The Kier molecular flexibility index (Phi) is 8.30. The predicted molar refractivity (Wildman–Crippen MR) is 136 cm³/mol. The van der Waals surface area contributed by atoms with Crippen LogP contribution in [0.15, 0.2) is 0 Å². The average molecular weight is 576 g/mol. The fraction of sp³-hybridized carbons (Fsp3) is 0.808. The van der Waals surface area contributed by atoms with Gasteiger partial charge < -0.3 is 31.7 Å². The smallest absolute Gasteiger partial charge is 0.370 e. The third-order valence-electron chi connectivity index (χ3n) is 8.84. The van der Waals surface area contributed by atoms with Crippen LogP contribution in [0.1, 0.15) is 60.8 Å². The van der Waals surface area contributed by atoms with Gasteiger partial charge in [-0.3, -0.25) is 24.0 Å². The molecule has 0 aromatic heterocycles. The molecule has 3 unspecified atom stereocenters. The van der Waals surface area contributed by atoms with Crippen molar-refractivity contribution >= 4 is 29.5 Å². The van der Waals surface area contributed by atoms with E-state index in [0.717, 1.165) is 4.90 Å². The van der Waals surface area contributed by atoms with Crippen LogP contribution in [0.4, 0.5) is 13.2 Å². The predicted octanol–water partition coefficient (Wildman–Crippen LogP) is 0.593. The van der Waals surface area contributed by atoms with Crippen LogP contribution >= 0.6 is 0 Å². The highest BCUT2D eigenvalue weighted by atomic mass is 19.4. The molecule has 40 heavy (non-hydrogen) atoms. The van der Waals surface area contributed by atoms with Crippen molar-refractivity contribution < 1.29 is 41.9 Å². The molecule has 7 atom stereocenters. The highest BCUT2D eigenvalue weighted by molar-refractivity contribution is 5.96. The van der Waals surface area contributed by atoms with Crippen LogP contribution in [0.3, 0.4) is 0 Å². The first-order valence-corrected chi connectivity index (χ1v) is 13.4. The number of nitrogens with two attached hydrogens (primary N) is 2. The lowest BCUT2D eigenvalue weighted by atomic mass is 9.71. The minimum atomic E-state index is -5.28. The van der Waals surface area contributed by atoms with Gasteiger partial charge in [0.2, 0.25) is 23.6 Å². The normalized spacial score (nSPS) is 30.0. The summed E-state index contributed by atoms with van der Waals surface area (Å²) < 4.78 is 45.3. The monoisotopic (exact) mass is 575 g/mol. The van der Waals surface area contributed by atoms with Crippen molar-refractivity contribution in [2.45, 2.75) is 90.8 Å². The van der Waals surface area contributed by atoms with Gasteiger partial charge in [-0.1, -0.05) is 13.8 Å². The minimum absolute atomic E-state index is 0.0324. The summed E-state index contributed by atoms with van der Waals surface area (Å²) in [5.74, 6) is -7.36. The molecule has 3 aliphatic rings. The molecule has 2 heterocycles. The third-order valence-corrected chi connectivity index (χ3v) is 8.84. The number of carbonyl (C=O) groups excluding carboxylic acids is 5. The molecule has 2 saturated heterocycles. The van der Waals surface area contributed by atoms with E-state index in [1.54, 1.807) is 39.9 Å². The second-order valence-corrected chi connectivity index (χ2v) is 12.7. The second kappa shape index (κ2) is 10.5. The van der Waals surface area contributed by atoms with Gasteiger partial charge in [0.25, 0.3) is 0 Å². The first-order chi connectivity index (χ1) is 18.2. The van der Waals surface area contributed by atoms with E-state index in [2.05, 4.69) is 5.32 Å². The van der Waals surface area contributed by atoms with Gasteiger partial charge in [0.1, 0.15) is 12.1 Å². The highest BCUT2D eigenvalue weighted by Crippen LogP contribution is 2.78. The van der Waals surface area contributed by atoms with E-state index in [0.29, 0.717) is 19.4 Å². The number of ether oxygens (including phenoxy) is 1. The lowest BCUT2D eigenvalue weighted by Gasteiger charge is -2.41. The third kappa shape index (κ3) is 5.51. The largest absolute Gasteiger partial charge is 0.471 e. The number of primary amides is 2. The molecule has 0 aromatic carbocycles. The van der Waals surface area contributed by atoms with Gasteiger partial charge in [0.15, 0.2) is 0 Å². The maximum Gasteiger partial charge on any atom is 0.471 e. The van der Waals surface area contributed by atoms with E-state index in [9.17, 15) is 37.1 Å². The zero-order valence-corrected chi connectivity index (χ0v) is 23.7. The number of amides is 5. The van der Waals surface area contributed by atoms with Crippen molar-refractivity contribution in [3.8, 4) is 0 Å². The summed E-state index contributed by atoms with van der Waals surface area (Å²) in [7, 11) is 0. The Morgan fingerprint density at radius 2 is 1.77 bits per heavy atom. The SMILES string of the molecule is C[C@@H](OC(C)(C)C)[C@H](NC(=O)C(F)(F)F)C(=O)N1CC2C(C)(C)C2([C@H](C[C@@H]2CCCNC2=O)C(N)=O)C1C(N)=O.